The molecule has 0 heterocycles. The van der Waals surface area contributed by atoms with Crippen molar-refractivity contribution in [3.8, 4) is 11.5 Å². The number of ether oxygens (including phenoxy) is 1. The Bertz CT molecular complexity index is 301. The van der Waals surface area contributed by atoms with Crippen LogP contribution in [-0.4, -0.2) is 19.3 Å². The highest BCUT2D eigenvalue weighted by atomic mass is 16.6. The van der Waals surface area contributed by atoms with E-state index in [4.69, 9.17) is 9.57 Å². The molecule has 0 saturated heterocycles. The smallest absolute Gasteiger partial charge is 0.124 e. The Morgan fingerprint density at radius 1 is 1.36 bits per heavy atom. The zero-order chi connectivity index (χ0) is 10.6. The lowest BCUT2D eigenvalue weighted by molar-refractivity contribution is 0.0651. The van der Waals surface area contributed by atoms with E-state index in [-0.39, 0.29) is 11.8 Å². The molecule has 0 amide bonds. The summed E-state index contributed by atoms with van der Waals surface area (Å²) in [5.74, 6) is 0.831. The Balaban J connectivity index is 2.88. The van der Waals surface area contributed by atoms with Crippen LogP contribution in [0.1, 0.15) is 18.5 Å². The van der Waals surface area contributed by atoms with Gasteiger partial charge >= 0.3 is 0 Å². The van der Waals surface area contributed by atoms with Crippen molar-refractivity contribution in [3.05, 3.63) is 23.8 Å². The molecule has 2 N–H and O–H groups in total. The molecule has 0 aromatic heterocycles. The standard InChI is InChI=1S/C10H15NO3/c1-7(11-14-3)9-5-4-8(13-2)6-10(9)12/h4-7,11-12H,1-3H3. The van der Waals surface area contributed by atoms with Crippen molar-refractivity contribution in [2.24, 2.45) is 0 Å². The van der Waals surface area contributed by atoms with Crippen molar-refractivity contribution in [1.29, 1.82) is 0 Å². The summed E-state index contributed by atoms with van der Waals surface area (Å²) in [5.41, 5.74) is 3.51. The van der Waals surface area contributed by atoms with E-state index in [0.29, 0.717) is 5.75 Å². The van der Waals surface area contributed by atoms with Crippen LogP contribution in [0.5, 0.6) is 11.5 Å². The molecular weight excluding hydrogens is 182 g/mol. The van der Waals surface area contributed by atoms with E-state index in [2.05, 4.69) is 5.48 Å². The number of hydrogen-bond acceptors (Lipinski definition) is 4. The predicted octanol–water partition coefficient (Wildman–Crippen LogP) is 1.61. The second-order valence-electron chi connectivity index (χ2n) is 2.97. The molecule has 0 aliphatic rings. The molecular formula is C10H15NO3. The highest BCUT2D eigenvalue weighted by Gasteiger charge is 2.10. The Kier molecular flexibility index (Phi) is 3.73. The molecule has 0 bridgehead atoms. The molecule has 1 aromatic rings. The number of hydroxylamine groups is 1. The summed E-state index contributed by atoms with van der Waals surface area (Å²) in [4.78, 5) is 4.78. The minimum Gasteiger partial charge on any atom is -0.507 e. The monoisotopic (exact) mass is 197 g/mol. The fraction of sp³-hybridized carbons (Fsp3) is 0.400. The van der Waals surface area contributed by atoms with Gasteiger partial charge in [0.25, 0.3) is 0 Å². The summed E-state index contributed by atoms with van der Waals surface area (Å²) in [7, 11) is 3.10. The molecule has 0 fully saturated rings. The summed E-state index contributed by atoms with van der Waals surface area (Å²) >= 11 is 0. The molecule has 14 heavy (non-hydrogen) atoms. The summed E-state index contributed by atoms with van der Waals surface area (Å²) < 4.78 is 4.98. The fourth-order valence-corrected chi connectivity index (χ4v) is 1.26. The molecule has 4 heteroatoms. The molecule has 0 saturated carbocycles. The van der Waals surface area contributed by atoms with Gasteiger partial charge in [-0.1, -0.05) is 6.07 Å². The molecule has 1 unspecified atom stereocenters. The van der Waals surface area contributed by atoms with Crippen LogP contribution in [0.25, 0.3) is 0 Å². The molecule has 1 rings (SSSR count). The van der Waals surface area contributed by atoms with Crippen LogP contribution in [-0.2, 0) is 4.84 Å². The maximum Gasteiger partial charge on any atom is 0.124 e. The third-order valence-electron chi connectivity index (χ3n) is 2.00. The predicted molar refractivity (Wildman–Crippen MR) is 53.2 cm³/mol. The summed E-state index contributed by atoms with van der Waals surface area (Å²) in [6, 6.07) is 5.10. The van der Waals surface area contributed by atoms with E-state index in [1.165, 1.54) is 7.11 Å². The van der Waals surface area contributed by atoms with Gasteiger partial charge < -0.3 is 14.7 Å². The van der Waals surface area contributed by atoms with Gasteiger partial charge in [0.1, 0.15) is 11.5 Å². The topological polar surface area (TPSA) is 50.7 Å². The van der Waals surface area contributed by atoms with Crippen LogP contribution < -0.4 is 10.2 Å². The molecule has 0 aliphatic heterocycles. The normalized spacial score (nSPS) is 12.5. The maximum atomic E-state index is 9.64. The van der Waals surface area contributed by atoms with E-state index in [9.17, 15) is 5.11 Å². The van der Waals surface area contributed by atoms with Crippen LogP contribution in [0.2, 0.25) is 0 Å². The molecule has 4 nitrogen and oxygen atoms in total. The number of methoxy groups -OCH3 is 1. The van der Waals surface area contributed by atoms with Gasteiger partial charge in [-0.05, 0) is 13.0 Å². The van der Waals surface area contributed by atoms with Gasteiger partial charge in [0.05, 0.1) is 20.3 Å². The van der Waals surface area contributed by atoms with Gasteiger partial charge in [0, 0.05) is 11.6 Å². The SMILES string of the molecule is CONC(C)c1ccc(OC)cc1O. The Hall–Kier alpha value is -1.26. The minimum atomic E-state index is -0.0640. The van der Waals surface area contributed by atoms with Crippen molar-refractivity contribution in [2.45, 2.75) is 13.0 Å². The summed E-state index contributed by atoms with van der Waals surface area (Å²) in [5, 5.41) is 9.64. The Morgan fingerprint density at radius 3 is 2.57 bits per heavy atom. The lowest BCUT2D eigenvalue weighted by atomic mass is 10.1. The third-order valence-corrected chi connectivity index (χ3v) is 2.00. The molecule has 0 spiro atoms. The van der Waals surface area contributed by atoms with Gasteiger partial charge in [-0.15, -0.1) is 0 Å². The van der Waals surface area contributed by atoms with Crippen LogP contribution in [0, 0.1) is 0 Å². The van der Waals surface area contributed by atoms with Gasteiger partial charge in [-0.25, -0.2) is 0 Å². The highest BCUT2D eigenvalue weighted by Crippen LogP contribution is 2.27. The van der Waals surface area contributed by atoms with E-state index in [0.717, 1.165) is 5.56 Å². The second-order valence-corrected chi connectivity index (χ2v) is 2.97. The Morgan fingerprint density at radius 2 is 2.07 bits per heavy atom. The Labute approximate surface area is 83.4 Å². The number of phenolic OH excluding ortho intramolecular Hbond substituents is 1. The zero-order valence-corrected chi connectivity index (χ0v) is 8.57. The average molecular weight is 197 g/mol. The molecule has 0 aliphatic carbocycles. The van der Waals surface area contributed by atoms with E-state index < -0.39 is 0 Å². The summed E-state index contributed by atoms with van der Waals surface area (Å²) in [6.45, 7) is 1.89. The fourth-order valence-electron chi connectivity index (χ4n) is 1.26. The third kappa shape index (κ3) is 2.37. The molecule has 1 aromatic carbocycles. The van der Waals surface area contributed by atoms with Crippen molar-refractivity contribution >= 4 is 0 Å². The van der Waals surface area contributed by atoms with Crippen molar-refractivity contribution in [1.82, 2.24) is 5.48 Å². The minimum absolute atomic E-state index is 0.0640. The molecule has 1 atom stereocenters. The van der Waals surface area contributed by atoms with Crippen LogP contribution in [0.4, 0.5) is 0 Å². The number of aromatic hydroxyl groups is 1. The van der Waals surface area contributed by atoms with Gasteiger partial charge in [-0.3, -0.25) is 0 Å². The highest BCUT2D eigenvalue weighted by molar-refractivity contribution is 5.41. The van der Waals surface area contributed by atoms with E-state index in [1.54, 1.807) is 25.3 Å². The first-order valence-corrected chi connectivity index (χ1v) is 4.34. The average Bonchev–Trinajstić information content (AvgIpc) is 2.17. The largest absolute Gasteiger partial charge is 0.507 e. The quantitative estimate of drug-likeness (QED) is 0.720. The van der Waals surface area contributed by atoms with Crippen LogP contribution >= 0.6 is 0 Å². The summed E-state index contributed by atoms with van der Waals surface area (Å²) in [6.07, 6.45) is 0. The van der Waals surface area contributed by atoms with Crippen LogP contribution in [0.15, 0.2) is 18.2 Å². The van der Waals surface area contributed by atoms with E-state index >= 15 is 0 Å². The number of hydrogen-bond donors (Lipinski definition) is 2. The van der Waals surface area contributed by atoms with Crippen molar-refractivity contribution in [3.63, 3.8) is 0 Å². The number of phenols is 1. The molecule has 78 valence electrons. The lowest BCUT2D eigenvalue weighted by Gasteiger charge is -2.14. The zero-order valence-electron chi connectivity index (χ0n) is 8.57. The van der Waals surface area contributed by atoms with Gasteiger partial charge in [0.2, 0.25) is 0 Å². The first-order valence-electron chi connectivity index (χ1n) is 4.34. The second kappa shape index (κ2) is 4.83. The maximum absolute atomic E-state index is 9.64. The van der Waals surface area contributed by atoms with Crippen molar-refractivity contribution in [2.75, 3.05) is 14.2 Å². The lowest BCUT2D eigenvalue weighted by Crippen LogP contribution is -2.16. The van der Waals surface area contributed by atoms with Crippen molar-refractivity contribution < 1.29 is 14.7 Å². The number of nitrogens with one attached hydrogen (secondary N) is 1. The van der Waals surface area contributed by atoms with Gasteiger partial charge in [0.15, 0.2) is 0 Å². The van der Waals surface area contributed by atoms with Crippen LogP contribution in [0.3, 0.4) is 0 Å². The number of benzene rings is 1. The number of rotatable bonds is 4. The first-order chi connectivity index (χ1) is 6.69. The molecule has 0 radical (unpaired) electrons. The first kappa shape index (κ1) is 10.8. The van der Waals surface area contributed by atoms with Gasteiger partial charge in [-0.2, -0.15) is 5.48 Å². The van der Waals surface area contributed by atoms with E-state index in [1.807, 2.05) is 6.92 Å².